The Morgan fingerprint density at radius 1 is 0.619 bits per heavy atom. The Bertz CT molecular complexity index is 1450. The van der Waals surface area contributed by atoms with Crippen molar-refractivity contribution in [2.45, 2.75) is 143 Å². The molecule has 0 unspecified atom stereocenters. The van der Waals surface area contributed by atoms with Crippen LogP contribution in [0.15, 0.2) is 48.5 Å². The predicted octanol–water partition coefficient (Wildman–Crippen LogP) is 13.4. The first-order valence-electron chi connectivity index (χ1n) is 17.5. The lowest BCUT2D eigenvalue weighted by molar-refractivity contribution is 0.525. The highest BCUT2D eigenvalue weighted by Crippen LogP contribution is 2.46. The molecule has 1 aliphatic rings. The van der Waals surface area contributed by atoms with Gasteiger partial charge in [0.15, 0.2) is 0 Å². The summed E-state index contributed by atoms with van der Waals surface area (Å²) in [4.78, 5) is 1.54. The minimum Gasteiger partial charge on any atom is -0.344 e. The first kappa shape index (κ1) is 31.1. The number of rotatable bonds is 17. The number of allylic oxidation sites excluding steroid dienone is 2. The van der Waals surface area contributed by atoms with Gasteiger partial charge in [0.1, 0.15) is 0 Å². The molecule has 0 N–H and O–H groups in total. The molecular weight excluding hydrogens is 527 g/mol. The lowest BCUT2D eigenvalue weighted by Gasteiger charge is -2.21. The highest BCUT2D eigenvalue weighted by molar-refractivity contribution is 7.20. The average molecular weight is 582 g/mol. The molecule has 2 heteroatoms. The molecule has 2 aromatic heterocycles. The van der Waals surface area contributed by atoms with E-state index in [9.17, 15) is 0 Å². The van der Waals surface area contributed by atoms with Gasteiger partial charge in [-0.2, -0.15) is 0 Å². The van der Waals surface area contributed by atoms with E-state index in [2.05, 4.69) is 73.9 Å². The van der Waals surface area contributed by atoms with Gasteiger partial charge in [-0.15, -0.1) is 11.3 Å². The molecule has 0 aliphatic heterocycles. The maximum atomic E-state index is 2.65. The highest BCUT2D eigenvalue weighted by atomic mass is 32.1. The van der Waals surface area contributed by atoms with Gasteiger partial charge >= 0.3 is 0 Å². The predicted molar refractivity (Wildman–Crippen MR) is 189 cm³/mol. The van der Waals surface area contributed by atoms with Crippen molar-refractivity contribution in [3.05, 3.63) is 70.2 Å². The van der Waals surface area contributed by atoms with E-state index in [1.54, 1.807) is 16.7 Å². The van der Waals surface area contributed by atoms with E-state index in [1.807, 2.05) is 11.3 Å². The molecule has 2 heterocycles. The number of nitrogens with zero attached hydrogens (tertiary/aromatic N) is 1. The third-order valence-corrected chi connectivity index (χ3v) is 11.2. The Balaban J connectivity index is 1.21. The van der Waals surface area contributed by atoms with Gasteiger partial charge in [0, 0.05) is 38.3 Å². The summed E-state index contributed by atoms with van der Waals surface area (Å²) in [6.45, 7) is 8.20. The number of aryl methyl sites for hydroxylation is 2. The number of benzene rings is 2. The molecule has 0 saturated heterocycles. The third-order valence-electron chi connectivity index (χ3n) is 9.85. The van der Waals surface area contributed by atoms with Crippen LogP contribution in [0.1, 0.15) is 144 Å². The van der Waals surface area contributed by atoms with Gasteiger partial charge in [-0.1, -0.05) is 127 Å². The summed E-state index contributed by atoms with van der Waals surface area (Å²) < 4.78 is 4.08. The number of fused-ring (bicyclic) bond motifs is 2. The first-order valence-corrected chi connectivity index (χ1v) is 18.3. The van der Waals surface area contributed by atoms with Crippen molar-refractivity contribution in [1.82, 2.24) is 4.57 Å². The first-order chi connectivity index (χ1) is 20.7. The standard InChI is InChI=1S/C40H55NS/c1-4-5-6-7-8-9-10-11-12-13-14-15-16-23-30-41-32(3)39(36-27-19-21-28-37(36)41)34-25-17-18-26-35(34)40-31(2)33-24-20-22-29-38(33)42-40/h19-22,24,27-29H,4-18,23,25-26,30H2,1-3H3. The van der Waals surface area contributed by atoms with Crippen LogP contribution in [-0.4, -0.2) is 4.57 Å². The maximum absolute atomic E-state index is 2.65. The normalized spacial score (nSPS) is 14.1. The number of hydrogen-bond donors (Lipinski definition) is 0. The van der Waals surface area contributed by atoms with Crippen molar-refractivity contribution in [3.63, 3.8) is 0 Å². The van der Waals surface area contributed by atoms with Crippen LogP contribution in [-0.2, 0) is 6.54 Å². The number of thiophene rings is 1. The smallest absolute Gasteiger partial charge is 0.0488 e. The highest BCUT2D eigenvalue weighted by Gasteiger charge is 2.24. The van der Waals surface area contributed by atoms with E-state index in [0.717, 1.165) is 6.54 Å². The van der Waals surface area contributed by atoms with Crippen LogP contribution in [0.2, 0.25) is 0 Å². The number of hydrogen-bond acceptors (Lipinski definition) is 1. The molecule has 0 spiro atoms. The van der Waals surface area contributed by atoms with Crippen LogP contribution in [0.3, 0.4) is 0 Å². The van der Waals surface area contributed by atoms with Crippen LogP contribution in [0.25, 0.3) is 32.1 Å². The van der Waals surface area contributed by atoms with Crippen molar-refractivity contribution < 1.29 is 0 Å². The van der Waals surface area contributed by atoms with E-state index < -0.39 is 0 Å². The molecule has 4 aromatic rings. The van der Waals surface area contributed by atoms with Crippen LogP contribution >= 0.6 is 11.3 Å². The molecule has 0 bridgehead atoms. The topological polar surface area (TPSA) is 4.93 Å². The number of aromatic nitrogens is 1. The van der Waals surface area contributed by atoms with Crippen LogP contribution < -0.4 is 0 Å². The maximum Gasteiger partial charge on any atom is 0.0488 e. The van der Waals surface area contributed by atoms with Gasteiger partial charge in [-0.05, 0) is 80.2 Å². The SMILES string of the molecule is CCCCCCCCCCCCCCCCn1c(C)c(C2=C(c3sc4ccccc4c3C)CCCC2)c2ccccc21. The van der Waals surface area contributed by atoms with Crippen LogP contribution in [0.4, 0.5) is 0 Å². The summed E-state index contributed by atoms with van der Waals surface area (Å²) in [6, 6.07) is 18.2. The average Bonchev–Trinajstić information content (AvgIpc) is 3.50. The van der Waals surface area contributed by atoms with Gasteiger partial charge in [0.2, 0.25) is 0 Å². The number of para-hydroxylation sites is 1. The Morgan fingerprint density at radius 2 is 1.17 bits per heavy atom. The van der Waals surface area contributed by atoms with Crippen molar-refractivity contribution in [2.75, 3.05) is 0 Å². The minimum atomic E-state index is 1.15. The molecule has 42 heavy (non-hydrogen) atoms. The molecule has 226 valence electrons. The third kappa shape index (κ3) is 7.42. The fourth-order valence-corrected chi connectivity index (χ4v) is 8.77. The summed E-state index contributed by atoms with van der Waals surface area (Å²) in [5, 5.41) is 2.90. The zero-order valence-corrected chi connectivity index (χ0v) is 27.7. The molecule has 0 radical (unpaired) electrons. The zero-order valence-electron chi connectivity index (χ0n) is 26.9. The monoisotopic (exact) mass is 581 g/mol. The second-order valence-corrected chi connectivity index (χ2v) is 14.0. The summed E-state index contributed by atoms with van der Waals surface area (Å²) in [6.07, 6.45) is 24.8. The second kappa shape index (κ2) is 15.9. The van der Waals surface area contributed by atoms with E-state index >= 15 is 0 Å². The molecule has 2 aromatic carbocycles. The van der Waals surface area contributed by atoms with Crippen LogP contribution in [0, 0.1) is 13.8 Å². The number of unbranched alkanes of at least 4 members (excludes halogenated alkanes) is 13. The largest absolute Gasteiger partial charge is 0.344 e. The van der Waals surface area contributed by atoms with Gasteiger partial charge in [-0.3, -0.25) is 0 Å². The molecule has 0 fully saturated rings. The summed E-state index contributed by atoms with van der Waals surface area (Å²) in [5.41, 5.74) is 9.20. The molecule has 5 rings (SSSR count). The molecule has 0 saturated carbocycles. The second-order valence-electron chi connectivity index (χ2n) is 12.9. The Morgan fingerprint density at radius 3 is 1.81 bits per heavy atom. The summed E-state index contributed by atoms with van der Waals surface area (Å²) in [5.74, 6) is 0. The fourth-order valence-electron chi connectivity index (χ4n) is 7.46. The summed E-state index contributed by atoms with van der Waals surface area (Å²) >= 11 is 2.01. The van der Waals surface area contributed by atoms with E-state index in [4.69, 9.17) is 0 Å². The Hall–Kier alpha value is -2.32. The van der Waals surface area contributed by atoms with E-state index in [1.165, 1.54) is 153 Å². The van der Waals surface area contributed by atoms with Gasteiger partial charge in [0.05, 0.1) is 0 Å². The lowest BCUT2D eigenvalue weighted by Crippen LogP contribution is -2.03. The molecule has 0 atom stereocenters. The molecule has 1 nitrogen and oxygen atoms in total. The quantitative estimate of drug-likeness (QED) is 0.109. The van der Waals surface area contributed by atoms with Gasteiger partial charge in [-0.25, -0.2) is 0 Å². The van der Waals surface area contributed by atoms with E-state index in [-0.39, 0.29) is 0 Å². The molecular formula is C40H55NS. The van der Waals surface area contributed by atoms with Gasteiger partial charge in [0.25, 0.3) is 0 Å². The van der Waals surface area contributed by atoms with Crippen LogP contribution in [0.5, 0.6) is 0 Å². The van der Waals surface area contributed by atoms with Gasteiger partial charge < -0.3 is 4.57 Å². The molecule has 0 amide bonds. The van der Waals surface area contributed by atoms with Crippen molar-refractivity contribution >= 4 is 43.5 Å². The van der Waals surface area contributed by atoms with E-state index in [0.29, 0.717) is 0 Å². The lowest BCUT2D eigenvalue weighted by atomic mass is 9.84. The zero-order chi connectivity index (χ0) is 29.1. The fraction of sp³-hybridized carbons (Fsp3) is 0.550. The van der Waals surface area contributed by atoms with Crippen molar-refractivity contribution in [1.29, 1.82) is 0 Å². The molecule has 1 aliphatic carbocycles. The summed E-state index contributed by atoms with van der Waals surface area (Å²) in [7, 11) is 0. The Kier molecular flexibility index (Phi) is 11.8. The Labute approximate surface area is 260 Å². The van der Waals surface area contributed by atoms with Crippen molar-refractivity contribution in [3.8, 4) is 0 Å². The minimum absolute atomic E-state index is 1.15. The van der Waals surface area contributed by atoms with Crippen molar-refractivity contribution in [2.24, 2.45) is 0 Å².